The molecule has 1 N–H and O–H groups in total. The first kappa shape index (κ1) is 23.9. The Morgan fingerprint density at radius 3 is 2.65 bits per heavy atom. The van der Waals surface area contributed by atoms with Crippen LogP contribution in [-0.2, 0) is 19.1 Å². The molecule has 2 bridgehead atoms. The lowest BCUT2D eigenvalue weighted by molar-refractivity contribution is -0.153. The SMILES string of the molecule is C=CCOC(=O)[C@@H]1[C@@H]2CCC3(S2)C(C(=O)N(CC=C)C(C)C)N([C@@H](CC)CO)C(=O)[C@H]13. The summed E-state index contributed by atoms with van der Waals surface area (Å²) in [6.07, 6.45) is 5.18. The lowest BCUT2D eigenvalue weighted by Gasteiger charge is -2.40. The van der Waals surface area contributed by atoms with E-state index >= 15 is 0 Å². The zero-order valence-corrected chi connectivity index (χ0v) is 19.5. The van der Waals surface area contributed by atoms with Crippen molar-refractivity contribution in [1.29, 1.82) is 0 Å². The van der Waals surface area contributed by atoms with E-state index in [0.29, 0.717) is 19.4 Å². The van der Waals surface area contributed by atoms with Crippen molar-refractivity contribution in [1.82, 2.24) is 9.80 Å². The minimum atomic E-state index is -0.711. The Balaban J connectivity index is 2.06. The van der Waals surface area contributed by atoms with Crippen LogP contribution in [0.25, 0.3) is 0 Å². The summed E-state index contributed by atoms with van der Waals surface area (Å²) in [5.41, 5.74) is 0. The molecule has 0 radical (unpaired) electrons. The van der Waals surface area contributed by atoms with Gasteiger partial charge in [-0.15, -0.1) is 18.3 Å². The zero-order valence-electron chi connectivity index (χ0n) is 18.7. The fraction of sp³-hybridized carbons (Fsp3) is 0.696. The summed E-state index contributed by atoms with van der Waals surface area (Å²) in [4.78, 5) is 43.9. The molecule has 0 aromatic carbocycles. The van der Waals surface area contributed by atoms with Crippen molar-refractivity contribution in [2.45, 2.75) is 68.2 Å². The molecule has 31 heavy (non-hydrogen) atoms. The highest BCUT2D eigenvalue weighted by Gasteiger charge is 2.74. The van der Waals surface area contributed by atoms with Crippen LogP contribution in [0.4, 0.5) is 0 Å². The van der Waals surface area contributed by atoms with Crippen molar-refractivity contribution in [2.75, 3.05) is 19.8 Å². The molecule has 3 rings (SSSR count). The van der Waals surface area contributed by atoms with Crippen LogP contribution in [0.1, 0.15) is 40.0 Å². The number of hydrogen-bond acceptors (Lipinski definition) is 6. The van der Waals surface area contributed by atoms with Gasteiger partial charge in [0.2, 0.25) is 11.8 Å². The van der Waals surface area contributed by atoms with E-state index in [-0.39, 0.29) is 36.3 Å². The van der Waals surface area contributed by atoms with E-state index in [1.165, 1.54) is 6.08 Å². The number of ether oxygens (including phenoxy) is 1. The third-order valence-electron chi connectivity index (χ3n) is 6.90. The molecule has 1 spiro atoms. The maximum Gasteiger partial charge on any atom is 0.311 e. The van der Waals surface area contributed by atoms with Crippen molar-refractivity contribution in [2.24, 2.45) is 11.8 Å². The highest BCUT2D eigenvalue weighted by molar-refractivity contribution is 8.02. The van der Waals surface area contributed by atoms with Crippen LogP contribution >= 0.6 is 11.8 Å². The second-order valence-corrected chi connectivity index (χ2v) is 10.4. The molecule has 0 aromatic heterocycles. The van der Waals surface area contributed by atoms with Crippen molar-refractivity contribution < 1.29 is 24.2 Å². The highest BCUT2D eigenvalue weighted by atomic mass is 32.2. The first-order valence-corrected chi connectivity index (χ1v) is 12.0. The molecule has 3 saturated heterocycles. The summed E-state index contributed by atoms with van der Waals surface area (Å²) < 4.78 is 4.68. The van der Waals surface area contributed by atoms with E-state index in [1.54, 1.807) is 27.6 Å². The molecule has 3 heterocycles. The molecular weight excluding hydrogens is 416 g/mol. The molecular formula is C23H34N2O5S. The number of aliphatic hydroxyl groups excluding tert-OH is 1. The molecule has 3 aliphatic heterocycles. The predicted octanol–water partition coefficient (Wildman–Crippen LogP) is 2.00. The molecule has 3 aliphatic rings. The first-order valence-electron chi connectivity index (χ1n) is 11.1. The summed E-state index contributed by atoms with van der Waals surface area (Å²) in [6.45, 7) is 13.4. The summed E-state index contributed by atoms with van der Waals surface area (Å²) in [5, 5.41) is 9.99. The average Bonchev–Trinajstić information content (AvgIpc) is 3.38. The molecule has 8 heteroatoms. The summed E-state index contributed by atoms with van der Waals surface area (Å²) in [7, 11) is 0. The molecule has 172 valence electrons. The average molecular weight is 451 g/mol. The van der Waals surface area contributed by atoms with Gasteiger partial charge >= 0.3 is 5.97 Å². The Labute approximate surface area is 188 Å². The topological polar surface area (TPSA) is 87.2 Å². The number of carbonyl (C=O) groups excluding carboxylic acids is 3. The second-order valence-electron chi connectivity index (χ2n) is 8.84. The van der Waals surface area contributed by atoms with Crippen molar-refractivity contribution in [3.8, 4) is 0 Å². The van der Waals surface area contributed by atoms with E-state index in [4.69, 9.17) is 4.74 Å². The number of rotatable bonds is 10. The van der Waals surface area contributed by atoms with Gasteiger partial charge in [-0.2, -0.15) is 0 Å². The lowest BCUT2D eigenvalue weighted by Crippen LogP contribution is -2.58. The fourth-order valence-corrected chi connectivity index (χ4v) is 7.72. The quantitative estimate of drug-likeness (QED) is 0.405. The molecule has 2 amide bonds. The molecule has 0 aromatic rings. The largest absolute Gasteiger partial charge is 0.461 e. The van der Waals surface area contributed by atoms with Crippen molar-refractivity contribution in [3.63, 3.8) is 0 Å². The molecule has 2 unspecified atom stereocenters. The van der Waals surface area contributed by atoms with Crippen LogP contribution in [-0.4, -0.2) is 80.6 Å². The monoisotopic (exact) mass is 450 g/mol. The van der Waals surface area contributed by atoms with E-state index < -0.39 is 34.6 Å². The van der Waals surface area contributed by atoms with Gasteiger partial charge in [-0.25, -0.2) is 0 Å². The van der Waals surface area contributed by atoms with E-state index in [2.05, 4.69) is 13.2 Å². The third-order valence-corrected chi connectivity index (χ3v) is 8.85. The standard InChI is InChI=1S/C23H34N2O5S/c1-6-11-24(14(4)5)21(28)19-23-10-9-16(31-23)17(22(29)30-12-7-2)18(23)20(27)25(19)15(8-3)13-26/h6-7,14-19,26H,1-2,8-13H2,3-5H3/t15-,16-,17+,18-,19?,23?/m0/s1. The number of likely N-dealkylation sites (tertiary alicyclic amines) is 1. The number of nitrogens with zero attached hydrogens (tertiary/aromatic N) is 2. The fourth-order valence-electron chi connectivity index (χ4n) is 5.53. The Hall–Kier alpha value is -1.80. The van der Waals surface area contributed by atoms with Gasteiger partial charge in [0.15, 0.2) is 0 Å². The van der Waals surface area contributed by atoms with Crippen molar-refractivity contribution >= 4 is 29.5 Å². The number of thioether (sulfide) groups is 1. The molecule has 6 atom stereocenters. The zero-order chi connectivity index (χ0) is 22.9. The minimum absolute atomic E-state index is 0.0372. The maximum atomic E-state index is 13.9. The van der Waals surface area contributed by atoms with Crippen LogP contribution < -0.4 is 0 Å². The van der Waals surface area contributed by atoms with Gasteiger partial charge in [0.25, 0.3) is 0 Å². The smallest absolute Gasteiger partial charge is 0.311 e. The Morgan fingerprint density at radius 2 is 2.10 bits per heavy atom. The number of amides is 2. The Morgan fingerprint density at radius 1 is 1.39 bits per heavy atom. The van der Waals surface area contributed by atoms with E-state index in [0.717, 1.165) is 6.42 Å². The molecule has 0 saturated carbocycles. The number of hydrogen-bond donors (Lipinski definition) is 1. The summed E-state index contributed by atoms with van der Waals surface area (Å²) in [5.74, 6) is -1.92. The number of fused-ring (bicyclic) bond motifs is 1. The predicted molar refractivity (Wildman–Crippen MR) is 120 cm³/mol. The van der Waals surface area contributed by atoms with Crippen molar-refractivity contribution in [3.05, 3.63) is 25.3 Å². The van der Waals surface area contributed by atoms with Gasteiger partial charge in [0.05, 0.1) is 29.2 Å². The van der Waals surface area contributed by atoms with Gasteiger partial charge in [0, 0.05) is 17.8 Å². The van der Waals surface area contributed by atoms with Gasteiger partial charge in [-0.05, 0) is 33.1 Å². The van der Waals surface area contributed by atoms with E-state index in [9.17, 15) is 19.5 Å². The molecule has 0 aliphatic carbocycles. The number of carbonyl (C=O) groups is 3. The normalized spacial score (nSPS) is 32.2. The Kier molecular flexibility index (Phi) is 7.21. The van der Waals surface area contributed by atoms with Gasteiger partial charge in [-0.1, -0.05) is 25.7 Å². The summed E-state index contributed by atoms with van der Waals surface area (Å²) >= 11 is 1.60. The van der Waals surface area contributed by atoms with Crippen LogP contribution in [0.2, 0.25) is 0 Å². The minimum Gasteiger partial charge on any atom is -0.461 e. The van der Waals surface area contributed by atoms with Crippen LogP contribution in [0.3, 0.4) is 0 Å². The van der Waals surface area contributed by atoms with Crippen LogP contribution in [0, 0.1) is 11.8 Å². The van der Waals surface area contributed by atoms with Gasteiger partial charge in [-0.3, -0.25) is 14.4 Å². The van der Waals surface area contributed by atoms with Crippen LogP contribution in [0.15, 0.2) is 25.3 Å². The van der Waals surface area contributed by atoms with Gasteiger partial charge < -0.3 is 19.6 Å². The summed E-state index contributed by atoms with van der Waals surface area (Å²) in [6, 6.07) is -1.25. The second kappa shape index (κ2) is 9.36. The molecule has 3 fully saturated rings. The van der Waals surface area contributed by atoms with Crippen LogP contribution in [0.5, 0.6) is 0 Å². The maximum absolute atomic E-state index is 13.9. The van der Waals surface area contributed by atoms with Gasteiger partial charge in [0.1, 0.15) is 12.6 Å². The molecule has 7 nitrogen and oxygen atoms in total. The number of aliphatic hydroxyl groups is 1. The Bertz CT molecular complexity index is 752. The first-order chi connectivity index (χ1) is 14.8. The lowest BCUT2D eigenvalue weighted by atomic mass is 9.71. The highest BCUT2D eigenvalue weighted by Crippen LogP contribution is 2.67. The van der Waals surface area contributed by atoms with E-state index in [1.807, 2.05) is 20.8 Å². The third kappa shape index (κ3) is 3.71. The number of esters is 1.